The van der Waals surface area contributed by atoms with Crippen molar-refractivity contribution in [3.05, 3.63) is 65.7 Å². The zero-order chi connectivity index (χ0) is 12.8. The lowest BCUT2D eigenvalue weighted by Gasteiger charge is -1.98. The SMILES string of the molecule is COc1ccc(C=NC(=O)c2ccccc2)cc1. The van der Waals surface area contributed by atoms with Crippen LogP contribution in [0.5, 0.6) is 5.75 Å². The monoisotopic (exact) mass is 239 g/mol. The molecule has 0 fully saturated rings. The zero-order valence-electron chi connectivity index (χ0n) is 10.0. The molecule has 0 unspecified atom stereocenters. The first-order valence-electron chi connectivity index (χ1n) is 5.57. The Morgan fingerprint density at radius 3 is 2.33 bits per heavy atom. The van der Waals surface area contributed by atoms with Crippen LogP contribution in [-0.2, 0) is 0 Å². The lowest BCUT2D eigenvalue weighted by Crippen LogP contribution is -1.95. The van der Waals surface area contributed by atoms with E-state index in [1.54, 1.807) is 25.5 Å². The summed E-state index contributed by atoms with van der Waals surface area (Å²) in [7, 11) is 1.61. The summed E-state index contributed by atoms with van der Waals surface area (Å²) in [6.45, 7) is 0. The van der Waals surface area contributed by atoms with E-state index in [1.807, 2.05) is 42.5 Å². The minimum atomic E-state index is -0.244. The van der Waals surface area contributed by atoms with Gasteiger partial charge in [-0.05, 0) is 42.0 Å². The molecule has 2 aromatic carbocycles. The molecule has 3 heteroatoms. The maximum atomic E-state index is 11.7. The van der Waals surface area contributed by atoms with Crippen LogP contribution in [0.25, 0.3) is 0 Å². The minimum Gasteiger partial charge on any atom is -0.497 e. The van der Waals surface area contributed by atoms with Gasteiger partial charge in [-0.25, -0.2) is 4.99 Å². The van der Waals surface area contributed by atoms with Crippen LogP contribution in [-0.4, -0.2) is 19.2 Å². The van der Waals surface area contributed by atoms with Crippen molar-refractivity contribution < 1.29 is 9.53 Å². The van der Waals surface area contributed by atoms with Crippen molar-refractivity contribution in [3.8, 4) is 5.75 Å². The predicted octanol–water partition coefficient (Wildman–Crippen LogP) is 2.95. The van der Waals surface area contributed by atoms with Crippen LogP contribution in [0, 0.1) is 0 Å². The van der Waals surface area contributed by atoms with Gasteiger partial charge in [0.2, 0.25) is 0 Å². The number of aliphatic imine (C=N–C) groups is 1. The van der Waals surface area contributed by atoms with Crippen molar-refractivity contribution in [2.45, 2.75) is 0 Å². The second kappa shape index (κ2) is 5.77. The predicted molar refractivity (Wildman–Crippen MR) is 71.4 cm³/mol. The van der Waals surface area contributed by atoms with Gasteiger partial charge in [0.15, 0.2) is 0 Å². The Bertz CT molecular complexity index is 544. The van der Waals surface area contributed by atoms with Crippen LogP contribution < -0.4 is 4.74 Å². The third-order valence-electron chi connectivity index (χ3n) is 2.47. The lowest BCUT2D eigenvalue weighted by molar-refractivity contribution is 0.100. The van der Waals surface area contributed by atoms with Gasteiger partial charge in [0.05, 0.1) is 7.11 Å². The smallest absolute Gasteiger partial charge is 0.276 e. The number of benzene rings is 2. The van der Waals surface area contributed by atoms with E-state index in [0.29, 0.717) is 5.56 Å². The first-order valence-corrected chi connectivity index (χ1v) is 5.57. The number of carbonyl (C=O) groups is 1. The molecule has 1 amide bonds. The van der Waals surface area contributed by atoms with Gasteiger partial charge in [0.1, 0.15) is 5.75 Å². The summed E-state index contributed by atoms with van der Waals surface area (Å²) in [5, 5.41) is 0. The van der Waals surface area contributed by atoms with Gasteiger partial charge in [0.25, 0.3) is 5.91 Å². The van der Waals surface area contributed by atoms with Crippen LogP contribution in [0.2, 0.25) is 0 Å². The summed E-state index contributed by atoms with van der Waals surface area (Å²) in [4.78, 5) is 15.6. The minimum absolute atomic E-state index is 0.244. The van der Waals surface area contributed by atoms with E-state index >= 15 is 0 Å². The molecule has 0 spiro atoms. The van der Waals surface area contributed by atoms with Crippen molar-refractivity contribution in [2.24, 2.45) is 4.99 Å². The van der Waals surface area contributed by atoms with E-state index in [1.165, 1.54) is 0 Å². The summed E-state index contributed by atoms with van der Waals surface area (Å²) < 4.78 is 5.05. The first-order chi connectivity index (χ1) is 8.79. The average Bonchev–Trinajstić information content (AvgIpc) is 2.46. The summed E-state index contributed by atoms with van der Waals surface area (Å²) >= 11 is 0. The molecule has 0 radical (unpaired) electrons. The quantitative estimate of drug-likeness (QED) is 0.772. The number of methoxy groups -OCH3 is 1. The van der Waals surface area contributed by atoms with Gasteiger partial charge in [-0.15, -0.1) is 0 Å². The van der Waals surface area contributed by atoms with Crippen LogP contribution in [0.3, 0.4) is 0 Å². The van der Waals surface area contributed by atoms with Crippen molar-refractivity contribution in [1.82, 2.24) is 0 Å². The normalized spacial score (nSPS) is 10.5. The van der Waals surface area contributed by atoms with Gasteiger partial charge >= 0.3 is 0 Å². The Labute approximate surface area is 106 Å². The van der Waals surface area contributed by atoms with Crippen molar-refractivity contribution >= 4 is 12.1 Å². The maximum absolute atomic E-state index is 11.7. The van der Waals surface area contributed by atoms with Gasteiger partial charge in [-0.2, -0.15) is 0 Å². The van der Waals surface area contributed by atoms with Gasteiger partial charge in [-0.1, -0.05) is 18.2 Å². The molecule has 3 nitrogen and oxygen atoms in total. The number of nitrogens with zero attached hydrogens (tertiary/aromatic N) is 1. The molecule has 0 saturated heterocycles. The van der Waals surface area contributed by atoms with Crippen LogP contribution in [0.15, 0.2) is 59.6 Å². The maximum Gasteiger partial charge on any atom is 0.276 e. The van der Waals surface area contributed by atoms with Crippen LogP contribution in [0.4, 0.5) is 0 Å². The summed E-state index contributed by atoms with van der Waals surface area (Å²) in [6.07, 6.45) is 1.55. The Kier molecular flexibility index (Phi) is 3.86. The largest absolute Gasteiger partial charge is 0.497 e. The third kappa shape index (κ3) is 3.04. The van der Waals surface area contributed by atoms with Crippen LogP contribution >= 0.6 is 0 Å². The molecule has 0 atom stereocenters. The fourth-order valence-electron chi connectivity index (χ4n) is 1.48. The van der Waals surface area contributed by atoms with Crippen molar-refractivity contribution in [2.75, 3.05) is 7.11 Å². The second-order valence-corrected chi connectivity index (χ2v) is 3.70. The molecule has 0 bridgehead atoms. The van der Waals surface area contributed by atoms with E-state index < -0.39 is 0 Å². The highest BCUT2D eigenvalue weighted by Gasteiger charge is 2.00. The molecule has 90 valence electrons. The van der Waals surface area contributed by atoms with E-state index in [-0.39, 0.29) is 5.91 Å². The average molecular weight is 239 g/mol. The Balaban J connectivity index is 2.08. The molecule has 2 aromatic rings. The number of hydrogen-bond donors (Lipinski definition) is 0. The van der Waals surface area contributed by atoms with E-state index in [9.17, 15) is 4.79 Å². The Morgan fingerprint density at radius 2 is 1.72 bits per heavy atom. The molecule has 2 rings (SSSR count). The number of carbonyl (C=O) groups excluding carboxylic acids is 1. The van der Waals surface area contributed by atoms with E-state index in [0.717, 1.165) is 11.3 Å². The fourth-order valence-corrected chi connectivity index (χ4v) is 1.48. The second-order valence-electron chi connectivity index (χ2n) is 3.70. The highest BCUT2D eigenvalue weighted by molar-refractivity contribution is 6.01. The summed E-state index contributed by atoms with van der Waals surface area (Å²) in [5.41, 5.74) is 1.45. The molecule has 0 heterocycles. The van der Waals surface area contributed by atoms with Crippen LogP contribution in [0.1, 0.15) is 15.9 Å². The summed E-state index contributed by atoms with van der Waals surface area (Å²) in [5.74, 6) is 0.535. The van der Waals surface area contributed by atoms with Gasteiger partial charge in [0, 0.05) is 11.8 Å². The molecule has 0 aromatic heterocycles. The van der Waals surface area contributed by atoms with Crippen molar-refractivity contribution in [3.63, 3.8) is 0 Å². The zero-order valence-corrected chi connectivity index (χ0v) is 10.0. The van der Waals surface area contributed by atoms with Gasteiger partial charge < -0.3 is 4.74 Å². The lowest BCUT2D eigenvalue weighted by atomic mass is 10.2. The highest BCUT2D eigenvalue weighted by atomic mass is 16.5. The molecule has 0 aliphatic rings. The topological polar surface area (TPSA) is 38.7 Å². The van der Waals surface area contributed by atoms with Crippen molar-refractivity contribution in [1.29, 1.82) is 0 Å². The van der Waals surface area contributed by atoms with E-state index in [4.69, 9.17) is 4.74 Å². The molecule has 0 aliphatic carbocycles. The third-order valence-corrected chi connectivity index (χ3v) is 2.47. The number of amides is 1. The first kappa shape index (κ1) is 12.0. The number of ether oxygens (including phenoxy) is 1. The molecular formula is C15H13NO2. The summed E-state index contributed by atoms with van der Waals surface area (Å²) in [6, 6.07) is 16.3. The standard InChI is InChI=1S/C15H13NO2/c1-18-14-9-7-12(8-10-14)11-16-15(17)13-5-3-2-4-6-13/h2-11H,1H3. The number of rotatable bonds is 3. The molecule has 0 N–H and O–H groups in total. The Morgan fingerprint density at radius 1 is 1.06 bits per heavy atom. The molecular weight excluding hydrogens is 226 g/mol. The number of hydrogen-bond acceptors (Lipinski definition) is 2. The van der Waals surface area contributed by atoms with E-state index in [2.05, 4.69) is 4.99 Å². The highest BCUT2D eigenvalue weighted by Crippen LogP contribution is 2.10. The fraction of sp³-hybridized carbons (Fsp3) is 0.0667. The molecule has 0 saturated carbocycles. The molecule has 18 heavy (non-hydrogen) atoms. The Hall–Kier alpha value is -2.42. The van der Waals surface area contributed by atoms with Gasteiger partial charge in [-0.3, -0.25) is 4.79 Å². The molecule has 0 aliphatic heterocycles.